The molecule has 0 fully saturated rings. The van der Waals surface area contributed by atoms with Crippen molar-refractivity contribution in [3.63, 3.8) is 0 Å². The number of nitrogens with one attached hydrogen (secondary N) is 1. The smallest absolute Gasteiger partial charge is 0.330 e. The van der Waals surface area contributed by atoms with Gasteiger partial charge in [0.1, 0.15) is 6.10 Å². The van der Waals surface area contributed by atoms with Crippen LogP contribution in [0.3, 0.4) is 0 Å². The summed E-state index contributed by atoms with van der Waals surface area (Å²) in [6, 6.07) is 0. The van der Waals surface area contributed by atoms with E-state index in [-0.39, 0.29) is 6.61 Å². The Kier molecular flexibility index (Phi) is 6.70. The number of aromatic nitrogens is 2. The van der Waals surface area contributed by atoms with Crippen LogP contribution < -0.4 is 11.2 Å². The molecule has 2 atom stereocenters. The van der Waals surface area contributed by atoms with Gasteiger partial charge in [-0.1, -0.05) is 40.9 Å². The van der Waals surface area contributed by atoms with Crippen LogP contribution in [0.5, 0.6) is 0 Å². The van der Waals surface area contributed by atoms with Crippen molar-refractivity contribution in [3.05, 3.63) is 44.2 Å². The Labute approximate surface area is 142 Å². The highest BCUT2D eigenvalue weighted by molar-refractivity contribution is 6.67. The summed E-state index contributed by atoms with van der Waals surface area (Å²) in [4.78, 5) is 25.1. The molecule has 1 aromatic rings. The number of aliphatic hydroxyl groups excluding tert-OH is 1. The molecule has 0 aliphatic carbocycles. The summed E-state index contributed by atoms with van der Waals surface area (Å²) in [5.41, 5.74) is 0.354. The third-order valence-electron chi connectivity index (χ3n) is 2.72. The van der Waals surface area contributed by atoms with Gasteiger partial charge in [0.15, 0.2) is 10.0 Å². The summed E-state index contributed by atoms with van der Waals surface area (Å²) in [5, 5.41) is 9.00. The van der Waals surface area contributed by atoms with Crippen molar-refractivity contribution in [1.82, 2.24) is 9.55 Å². The molecule has 1 aliphatic rings. The Morgan fingerprint density at radius 1 is 1.36 bits per heavy atom. The lowest BCUT2D eigenvalue weighted by Gasteiger charge is -2.17. The van der Waals surface area contributed by atoms with Crippen molar-refractivity contribution >= 4 is 34.8 Å². The van der Waals surface area contributed by atoms with Crippen LogP contribution >= 0.6 is 34.8 Å². The van der Waals surface area contributed by atoms with E-state index in [9.17, 15) is 9.59 Å². The molecule has 0 saturated carbocycles. The van der Waals surface area contributed by atoms with Gasteiger partial charge in [-0.25, -0.2) is 4.79 Å². The minimum absolute atomic E-state index is 0.134. The van der Waals surface area contributed by atoms with E-state index >= 15 is 0 Å². The number of rotatable bonds is 2. The fraction of sp³-hybridized carbons (Fsp3) is 0.538. The van der Waals surface area contributed by atoms with Crippen LogP contribution in [0.25, 0.3) is 0 Å². The van der Waals surface area contributed by atoms with Crippen LogP contribution in [0.4, 0.5) is 0 Å². The van der Waals surface area contributed by atoms with E-state index in [1.807, 2.05) is 6.92 Å². The van der Waals surface area contributed by atoms with Gasteiger partial charge in [-0.2, -0.15) is 0 Å². The standard InChI is InChI=1S/C11H14N2O4.C2H3Cl3/c1-6-3-8(5-14)17-10(6)13-4-7(2)9(15)12-11(13)16;1-2(3,4)5/h3-4,8,10,14H,5H2,1-2H3,(H,12,15,16);1H3/t8-,10+;/m0./s1. The van der Waals surface area contributed by atoms with Crippen LogP contribution in [0.15, 0.2) is 27.4 Å². The van der Waals surface area contributed by atoms with Gasteiger partial charge in [-0.3, -0.25) is 14.3 Å². The SMILES string of the molecule is CC(Cl)(Cl)Cl.CC1=C[C@@H](CO)O[C@H]1n1cc(C)c(=O)[nH]c1=O. The van der Waals surface area contributed by atoms with Gasteiger partial charge < -0.3 is 9.84 Å². The lowest BCUT2D eigenvalue weighted by atomic mass is 10.2. The first-order chi connectivity index (χ1) is 10.0. The number of aromatic amines is 1. The number of aliphatic hydroxyl groups is 1. The van der Waals surface area contributed by atoms with Crippen LogP contribution in [0.2, 0.25) is 0 Å². The molecule has 22 heavy (non-hydrogen) atoms. The minimum Gasteiger partial charge on any atom is -0.393 e. The van der Waals surface area contributed by atoms with E-state index in [4.69, 9.17) is 44.6 Å². The van der Waals surface area contributed by atoms with Gasteiger partial charge in [-0.05, 0) is 26.3 Å². The second kappa shape index (κ2) is 7.66. The zero-order valence-corrected chi connectivity index (χ0v) is 14.5. The molecule has 1 aromatic heterocycles. The number of hydrogen-bond donors (Lipinski definition) is 2. The molecule has 2 rings (SSSR count). The Bertz CT molecular complexity index is 654. The Morgan fingerprint density at radius 2 is 1.91 bits per heavy atom. The fourth-order valence-electron chi connectivity index (χ4n) is 1.83. The number of alkyl halides is 3. The first-order valence-corrected chi connectivity index (χ1v) is 7.49. The largest absolute Gasteiger partial charge is 0.393 e. The molecule has 0 amide bonds. The molecule has 2 heterocycles. The maximum Gasteiger partial charge on any atom is 0.330 e. The first kappa shape index (κ1) is 19.3. The van der Waals surface area contributed by atoms with Gasteiger partial charge in [0.25, 0.3) is 5.56 Å². The molecule has 9 heteroatoms. The quantitative estimate of drug-likeness (QED) is 0.615. The molecule has 2 N–H and O–H groups in total. The molecule has 0 bridgehead atoms. The van der Waals surface area contributed by atoms with E-state index in [0.717, 1.165) is 5.57 Å². The van der Waals surface area contributed by atoms with Gasteiger partial charge in [0, 0.05) is 11.8 Å². The molecule has 1 aliphatic heterocycles. The summed E-state index contributed by atoms with van der Waals surface area (Å²) in [5.74, 6) is 0. The van der Waals surface area contributed by atoms with Gasteiger partial charge in [-0.15, -0.1) is 0 Å². The Hall–Kier alpha value is -0.790. The molecular formula is C13H17Cl3N2O4. The molecular weight excluding hydrogens is 355 g/mol. The van der Waals surface area contributed by atoms with Crippen molar-refractivity contribution in [2.24, 2.45) is 0 Å². The van der Waals surface area contributed by atoms with Gasteiger partial charge >= 0.3 is 5.69 Å². The lowest BCUT2D eigenvalue weighted by molar-refractivity contribution is -0.0144. The molecule has 0 aromatic carbocycles. The second-order valence-corrected chi connectivity index (χ2v) is 7.73. The van der Waals surface area contributed by atoms with Gasteiger partial charge in [0.05, 0.1) is 6.61 Å². The van der Waals surface area contributed by atoms with Crippen LogP contribution in [0.1, 0.15) is 25.6 Å². The monoisotopic (exact) mass is 370 g/mol. The molecule has 0 spiro atoms. The fourth-order valence-corrected chi connectivity index (χ4v) is 1.83. The van der Waals surface area contributed by atoms with E-state index in [0.29, 0.717) is 5.56 Å². The highest BCUT2D eigenvalue weighted by atomic mass is 35.6. The predicted octanol–water partition coefficient (Wildman–Crippen LogP) is 2.06. The number of hydrogen-bond acceptors (Lipinski definition) is 4. The van der Waals surface area contributed by atoms with Gasteiger partial charge in [0.2, 0.25) is 0 Å². The van der Waals surface area contributed by atoms with Crippen LogP contribution in [-0.4, -0.2) is 31.2 Å². The van der Waals surface area contributed by atoms with Crippen molar-refractivity contribution in [2.75, 3.05) is 6.61 Å². The zero-order valence-electron chi connectivity index (χ0n) is 12.3. The molecule has 0 saturated heterocycles. The van der Waals surface area contributed by atoms with Crippen molar-refractivity contribution in [2.45, 2.75) is 36.9 Å². The average Bonchev–Trinajstić information content (AvgIpc) is 2.73. The highest BCUT2D eigenvalue weighted by Crippen LogP contribution is 2.26. The van der Waals surface area contributed by atoms with Crippen molar-refractivity contribution < 1.29 is 9.84 Å². The number of H-pyrrole nitrogens is 1. The summed E-state index contributed by atoms with van der Waals surface area (Å²) in [7, 11) is 0. The third-order valence-corrected chi connectivity index (χ3v) is 2.72. The minimum atomic E-state index is -1.08. The molecule has 0 unspecified atom stereocenters. The maximum atomic E-state index is 11.7. The number of aryl methyl sites for hydroxylation is 1. The summed E-state index contributed by atoms with van der Waals surface area (Å²) in [6.07, 6.45) is 2.26. The van der Waals surface area contributed by atoms with E-state index in [1.165, 1.54) is 17.7 Å². The third kappa shape index (κ3) is 5.78. The van der Waals surface area contributed by atoms with Crippen LogP contribution in [0, 0.1) is 6.92 Å². The average molecular weight is 372 g/mol. The summed E-state index contributed by atoms with van der Waals surface area (Å²) in [6.45, 7) is 4.78. The zero-order chi connectivity index (χ0) is 17.1. The number of nitrogens with zero attached hydrogens (tertiary/aromatic N) is 1. The first-order valence-electron chi connectivity index (χ1n) is 6.36. The lowest BCUT2D eigenvalue weighted by Crippen LogP contribution is -2.34. The van der Waals surface area contributed by atoms with E-state index in [1.54, 1.807) is 13.0 Å². The Balaban J connectivity index is 0.000000422. The van der Waals surface area contributed by atoms with Crippen molar-refractivity contribution in [1.29, 1.82) is 0 Å². The molecule has 0 radical (unpaired) electrons. The summed E-state index contributed by atoms with van der Waals surface area (Å²) < 4.78 is 5.72. The normalized spacial score (nSPS) is 21.1. The predicted molar refractivity (Wildman–Crippen MR) is 86.8 cm³/mol. The molecule has 6 nitrogen and oxygen atoms in total. The maximum absolute atomic E-state index is 11.7. The molecule has 124 valence electrons. The van der Waals surface area contributed by atoms with E-state index < -0.39 is 27.4 Å². The Morgan fingerprint density at radius 3 is 2.36 bits per heavy atom. The second-order valence-electron chi connectivity index (χ2n) is 4.88. The topological polar surface area (TPSA) is 84.3 Å². The van der Waals surface area contributed by atoms with E-state index in [2.05, 4.69) is 4.98 Å². The number of ether oxygens (including phenoxy) is 1. The van der Waals surface area contributed by atoms with Crippen molar-refractivity contribution in [3.8, 4) is 0 Å². The number of halogens is 3. The van der Waals surface area contributed by atoms with Crippen LogP contribution in [-0.2, 0) is 4.74 Å². The summed E-state index contributed by atoms with van der Waals surface area (Å²) >= 11 is 15.2. The highest BCUT2D eigenvalue weighted by Gasteiger charge is 2.26.